The Balaban J connectivity index is 1.30. The Bertz CT molecular complexity index is 855. The van der Waals surface area contributed by atoms with Crippen molar-refractivity contribution in [3.8, 4) is 0 Å². The summed E-state index contributed by atoms with van der Waals surface area (Å²) in [5.41, 5.74) is 6.73. The van der Waals surface area contributed by atoms with E-state index in [1.54, 1.807) is 4.90 Å². The number of rotatable bonds is 5. The van der Waals surface area contributed by atoms with Gasteiger partial charge in [0.25, 0.3) is 5.91 Å². The Morgan fingerprint density at radius 2 is 1.79 bits per heavy atom. The molecule has 2 amide bonds. The first-order valence-corrected chi connectivity index (χ1v) is 9.99. The number of nitrogens with two attached hydrogens (primary N) is 1. The fourth-order valence-electron chi connectivity index (χ4n) is 4.43. The van der Waals surface area contributed by atoms with Crippen molar-refractivity contribution >= 4 is 23.5 Å². The molecule has 2 saturated heterocycles. The molecule has 2 fully saturated rings. The Morgan fingerprint density at radius 1 is 1.11 bits per heavy atom. The van der Waals surface area contributed by atoms with Gasteiger partial charge in [-0.3, -0.25) is 4.79 Å². The first-order valence-electron chi connectivity index (χ1n) is 9.62. The summed E-state index contributed by atoms with van der Waals surface area (Å²) in [6.45, 7) is 4.45. The molecule has 0 spiro atoms. The number of likely N-dealkylation sites (tertiary alicyclic amines) is 2. The van der Waals surface area contributed by atoms with E-state index < -0.39 is 6.03 Å². The molecule has 2 atom stereocenters. The lowest BCUT2D eigenvalue weighted by Gasteiger charge is -2.21. The number of carbonyl (C=O) groups excluding carboxylic acids is 2. The van der Waals surface area contributed by atoms with E-state index in [0.29, 0.717) is 24.9 Å². The van der Waals surface area contributed by atoms with Crippen molar-refractivity contribution in [1.82, 2.24) is 19.6 Å². The molecule has 3 heterocycles. The molecule has 0 bridgehead atoms. The van der Waals surface area contributed by atoms with Gasteiger partial charge in [0, 0.05) is 26.2 Å². The SMILES string of the molecule is NC(=O)n1ncc(Cl)c1C(=O)N1CC2CN(CCCc3ccccc3)C[C@H]2C1. The number of aromatic nitrogens is 2. The first-order chi connectivity index (χ1) is 13.5. The van der Waals surface area contributed by atoms with Crippen LogP contribution in [-0.2, 0) is 6.42 Å². The summed E-state index contributed by atoms with van der Waals surface area (Å²) in [4.78, 5) is 28.6. The van der Waals surface area contributed by atoms with Crippen molar-refractivity contribution in [2.24, 2.45) is 17.6 Å². The minimum Gasteiger partial charge on any atom is -0.350 e. The van der Waals surface area contributed by atoms with E-state index in [9.17, 15) is 9.59 Å². The molecule has 4 rings (SSSR count). The van der Waals surface area contributed by atoms with Crippen LogP contribution in [0.15, 0.2) is 36.5 Å². The second-order valence-corrected chi connectivity index (χ2v) is 8.08. The fraction of sp³-hybridized carbons (Fsp3) is 0.450. The van der Waals surface area contributed by atoms with Crippen LogP contribution in [0.2, 0.25) is 5.02 Å². The molecule has 7 nitrogen and oxygen atoms in total. The Labute approximate surface area is 169 Å². The summed E-state index contributed by atoms with van der Waals surface area (Å²) < 4.78 is 0.884. The van der Waals surface area contributed by atoms with Gasteiger partial charge in [0.15, 0.2) is 5.69 Å². The number of benzene rings is 1. The number of hydrogen-bond acceptors (Lipinski definition) is 4. The van der Waals surface area contributed by atoms with Gasteiger partial charge < -0.3 is 15.5 Å². The van der Waals surface area contributed by atoms with Crippen molar-refractivity contribution in [2.75, 3.05) is 32.7 Å². The van der Waals surface area contributed by atoms with Crippen molar-refractivity contribution in [2.45, 2.75) is 12.8 Å². The zero-order valence-electron chi connectivity index (χ0n) is 15.6. The molecule has 2 aromatic rings. The lowest BCUT2D eigenvalue weighted by molar-refractivity contribution is 0.0764. The smallest absolute Gasteiger partial charge is 0.340 e. The predicted molar refractivity (Wildman–Crippen MR) is 106 cm³/mol. The van der Waals surface area contributed by atoms with Crippen LogP contribution in [0.25, 0.3) is 0 Å². The molecule has 0 aliphatic carbocycles. The number of fused-ring (bicyclic) bond motifs is 1. The first kappa shape index (κ1) is 19.0. The molecule has 2 aliphatic heterocycles. The summed E-state index contributed by atoms with van der Waals surface area (Å²) in [7, 11) is 0. The third-order valence-corrected chi connectivity index (χ3v) is 6.04. The maximum Gasteiger partial charge on any atom is 0.340 e. The number of aryl methyl sites for hydroxylation is 1. The largest absolute Gasteiger partial charge is 0.350 e. The van der Waals surface area contributed by atoms with Crippen LogP contribution < -0.4 is 5.73 Å². The van der Waals surface area contributed by atoms with Crippen LogP contribution in [-0.4, -0.2) is 64.2 Å². The second kappa shape index (κ2) is 7.93. The van der Waals surface area contributed by atoms with Crippen LogP contribution >= 0.6 is 11.6 Å². The van der Waals surface area contributed by atoms with Crippen LogP contribution in [0.3, 0.4) is 0 Å². The topological polar surface area (TPSA) is 84.5 Å². The standard InChI is InChI=1S/C20H24ClN5O2/c21-17-9-23-26(20(22)28)18(17)19(27)25-12-15-10-24(11-16(15)13-25)8-4-7-14-5-2-1-3-6-14/h1-3,5-6,9,15-16H,4,7-8,10-13H2,(H2,22,28)/t15-,16?/m0/s1. The molecule has 0 saturated carbocycles. The summed E-state index contributed by atoms with van der Waals surface area (Å²) in [5, 5.41) is 3.96. The number of nitrogens with zero attached hydrogens (tertiary/aromatic N) is 4. The van der Waals surface area contributed by atoms with Gasteiger partial charge in [0.05, 0.1) is 11.2 Å². The molecular weight excluding hydrogens is 378 g/mol. The Hall–Kier alpha value is -2.38. The molecule has 0 radical (unpaired) electrons. The van der Waals surface area contributed by atoms with Crippen molar-refractivity contribution in [3.63, 3.8) is 0 Å². The lowest BCUT2D eigenvalue weighted by Crippen LogP contribution is -2.36. The summed E-state index contributed by atoms with van der Waals surface area (Å²) in [6.07, 6.45) is 3.51. The van der Waals surface area contributed by atoms with Gasteiger partial charge in [0.2, 0.25) is 0 Å². The van der Waals surface area contributed by atoms with Crippen molar-refractivity contribution < 1.29 is 9.59 Å². The number of hydrogen-bond donors (Lipinski definition) is 1. The van der Waals surface area contributed by atoms with Gasteiger partial charge >= 0.3 is 6.03 Å². The predicted octanol–water partition coefficient (Wildman–Crippen LogP) is 2.10. The number of amides is 2. The maximum absolute atomic E-state index is 12.9. The van der Waals surface area contributed by atoms with Gasteiger partial charge in [-0.1, -0.05) is 41.9 Å². The van der Waals surface area contributed by atoms with Crippen molar-refractivity contribution in [1.29, 1.82) is 0 Å². The lowest BCUT2D eigenvalue weighted by atomic mass is 10.0. The van der Waals surface area contributed by atoms with Crippen LogP contribution in [0, 0.1) is 11.8 Å². The normalized spacial score (nSPS) is 21.8. The van der Waals surface area contributed by atoms with E-state index in [0.717, 1.165) is 37.2 Å². The second-order valence-electron chi connectivity index (χ2n) is 7.67. The Kier molecular flexibility index (Phi) is 5.37. The summed E-state index contributed by atoms with van der Waals surface area (Å²) in [6, 6.07) is 9.74. The molecule has 28 heavy (non-hydrogen) atoms. The Morgan fingerprint density at radius 3 is 2.43 bits per heavy atom. The summed E-state index contributed by atoms with van der Waals surface area (Å²) >= 11 is 6.07. The molecule has 1 aromatic heterocycles. The number of primary amides is 1. The summed E-state index contributed by atoms with van der Waals surface area (Å²) in [5.74, 6) is 0.653. The van der Waals surface area contributed by atoms with Crippen LogP contribution in [0.5, 0.6) is 0 Å². The van der Waals surface area contributed by atoms with Gasteiger partial charge in [0.1, 0.15) is 0 Å². The number of halogens is 1. The molecule has 2 N–H and O–H groups in total. The molecule has 148 valence electrons. The zero-order valence-corrected chi connectivity index (χ0v) is 16.4. The highest BCUT2D eigenvalue weighted by Gasteiger charge is 2.42. The van der Waals surface area contributed by atoms with Gasteiger partial charge in [-0.15, -0.1) is 0 Å². The maximum atomic E-state index is 12.9. The average molecular weight is 402 g/mol. The quantitative estimate of drug-likeness (QED) is 0.831. The molecule has 8 heteroatoms. The third kappa shape index (κ3) is 3.77. The van der Waals surface area contributed by atoms with E-state index in [-0.39, 0.29) is 16.6 Å². The third-order valence-electron chi connectivity index (χ3n) is 5.77. The van der Waals surface area contributed by atoms with E-state index in [2.05, 4.69) is 34.3 Å². The van der Waals surface area contributed by atoms with E-state index >= 15 is 0 Å². The van der Waals surface area contributed by atoms with Gasteiger partial charge in [-0.2, -0.15) is 9.78 Å². The molecular formula is C20H24ClN5O2. The fourth-order valence-corrected chi connectivity index (χ4v) is 4.63. The minimum atomic E-state index is -0.806. The monoisotopic (exact) mass is 401 g/mol. The van der Waals surface area contributed by atoms with Crippen molar-refractivity contribution in [3.05, 3.63) is 52.8 Å². The highest BCUT2D eigenvalue weighted by molar-refractivity contribution is 6.33. The molecule has 2 aliphatic rings. The zero-order chi connectivity index (χ0) is 19.7. The van der Waals surface area contributed by atoms with Gasteiger partial charge in [-0.25, -0.2) is 4.79 Å². The van der Waals surface area contributed by atoms with E-state index in [4.69, 9.17) is 17.3 Å². The van der Waals surface area contributed by atoms with Gasteiger partial charge in [-0.05, 0) is 36.8 Å². The average Bonchev–Trinajstić information content (AvgIpc) is 3.35. The highest BCUT2D eigenvalue weighted by atomic mass is 35.5. The highest BCUT2D eigenvalue weighted by Crippen LogP contribution is 2.32. The molecule has 1 aromatic carbocycles. The minimum absolute atomic E-state index is 0.0638. The van der Waals surface area contributed by atoms with Crippen LogP contribution in [0.1, 0.15) is 22.5 Å². The van der Waals surface area contributed by atoms with E-state index in [1.165, 1.54) is 11.8 Å². The number of carbonyl (C=O) groups is 2. The van der Waals surface area contributed by atoms with Crippen LogP contribution in [0.4, 0.5) is 4.79 Å². The van der Waals surface area contributed by atoms with E-state index in [1.807, 2.05) is 6.07 Å². The molecule has 1 unspecified atom stereocenters.